The van der Waals surface area contributed by atoms with Gasteiger partial charge in [-0.1, -0.05) is 0 Å². The number of rotatable bonds is 2. The van der Waals surface area contributed by atoms with Gasteiger partial charge in [0.2, 0.25) is 5.28 Å². The van der Waals surface area contributed by atoms with Gasteiger partial charge in [0.1, 0.15) is 5.52 Å². The van der Waals surface area contributed by atoms with Crippen LogP contribution in [0.4, 0.5) is 0 Å². The fourth-order valence-corrected chi connectivity index (χ4v) is 1.92. The SMILES string of the molecule is CC(C)n1c(Cl)nc2ccc(CN)nc21. The molecule has 4 nitrogen and oxygen atoms in total. The van der Waals surface area contributed by atoms with E-state index in [1.165, 1.54) is 0 Å². The Bertz CT molecular complexity index is 489. The quantitative estimate of drug-likeness (QED) is 0.850. The van der Waals surface area contributed by atoms with Gasteiger partial charge in [-0.25, -0.2) is 9.97 Å². The molecule has 5 heteroatoms. The molecular formula is C10H13ClN4. The van der Waals surface area contributed by atoms with E-state index < -0.39 is 0 Å². The predicted molar refractivity (Wildman–Crippen MR) is 60.8 cm³/mol. The van der Waals surface area contributed by atoms with Gasteiger partial charge in [0, 0.05) is 12.6 Å². The molecule has 0 fully saturated rings. The standard InChI is InChI=1S/C10H13ClN4/c1-6(2)15-9-8(14-10(15)11)4-3-7(5-12)13-9/h3-4,6H,5,12H2,1-2H3. The summed E-state index contributed by atoms with van der Waals surface area (Å²) >= 11 is 6.04. The van der Waals surface area contributed by atoms with Crippen molar-refractivity contribution >= 4 is 22.8 Å². The highest BCUT2D eigenvalue weighted by Gasteiger charge is 2.12. The van der Waals surface area contributed by atoms with E-state index in [9.17, 15) is 0 Å². The highest BCUT2D eigenvalue weighted by atomic mass is 35.5. The number of nitrogens with zero attached hydrogens (tertiary/aromatic N) is 3. The summed E-state index contributed by atoms with van der Waals surface area (Å²) in [6.07, 6.45) is 0. The summed E-state index contributed by atoms with van der Waals surface area (Å²) < 4.78 is 1.90. The summed E-state index contributed by atoms with van der Waals surface area (Å²) in [6.45, 7) is 4.52. The lowest BCUT2D eigenvalue weighted by atomic mass is 10.3. The zero-order valence-corrected chi connectivity index (χ0v) is 9.49. The van der Waals surface area contributed by atoms with E-state index in [1.807, 2.05) is 30.5 Å². The normalized spacial score (nSPS) is 11.5. The highest BCUT2D eigenvalue weighted by Crippen LogP contribution is 2.22. The molecule has 2 heterocycles. The maximum absolute atomic E-state index is 6.04. The first-order valence-electron chi connectivity index (χ1n) is 4.87. The van der Waals surface area contributed by atoms with Crippen LogP contribution in [0.3, 0.4) is 0 Å². The summed E-state index contributed by atoms with van der Waals surface area (Å²) in [5, 5.41) is 0.474. The van der Waals surface area contributed by atoms with E-state index in [1.54, 1.807) is 0 Å². The summed E-state index contributed by atoms with van der Waals surface area (Å²) in [4.78, 5) is 8.66. The summed E-state index contributed by atoms with van der Waals surface area (Å²) in [7, 11) is 0. The molecule has 80 valence electrons. The minimum absolute atomic E-state index is 0.239. The molecule has 0 unspecified atom stereocenters. The van der Waals surface area contributed by atoms with Gasteiger partial charge >= 0.3 is 0 Å². The molecule has 0 aromatic carbocycles. The smallest absolute Gasteiger partial charge is 0.205 e. The second kappa shape index (κ2) is 3.79. The van der Waals surface area contributed by atoms with E-state index in [4.69, 9.17) is 17.3 Å². The molecule has 2 rings (SSSR count). The highest BCUT2D eigenvalue weighted by molar-refractivity contribution is 6.29. The van der Waals surface area contributed by atoms with Gasteiger partial charge < -0.3 is 5.73 Å². The second-order valence-electron chi connectivity index (χ2n) is 3.69. The third-order valence-electron chi connectivity index (χ3n) is 2.28. The number of aromatic nitrogens is 3. The zero-order chi connectivity index (χ0) is 11.0. The van der Waals surface area contributed by atoms with E-state index in [-0.39, 0.29) is 6.04 Å². The molecule has 0 bridgehead atoms. The van der Waals surface area contributed by atoms with Crippen LogP contribution < -0.4 is 5.73 Å². The molecule has 0 aliphatic carbocycles. The van der Waals surface area contributed by atoms with Crippen molar-refractivity contribution in [3.05, 3.63) is 23.1 Å². The Hall–Kier alpha value is -1.13. The third kappa shape index (κ3) is 1.70. The summed E-state index contributed by atoms with van der Waals surface area (Å²) in [5.74, 6) is 0. The number of nitrogens with two attached hydrogens (primary N) is 1. The van der Waals surface area contributed by atoms with Crippen LogP contribution >= 0.6 is 11.6 Å². The van der Waals surface area contributed by atoms with Crippen molar-refractivity contribution in [3.63, 3.8) is 0 Å². The number of halogens is 1. The molecule has 0 amide bonds. The van der Waals surface area contributed by atoms with Crippen LogP contribution in [-0.2, 0) is 6.54 Å². The first-order chi connectivity index (χ1) is 7.13. The number of hydrogen-bond acceptors (Lipinski definition) is 3. The Morgan fingerprint density at radius 1 is 1.40 bits per heavy atom. The van der Waals surface area contributed by atoms with E-state index in [0.29, 0.717) is 11.8 Å². The fraction of sp³-hybridized carbons (Fsp3) is 0.400. The van der Waals surface area contributed by atoms with E-state index in [0.717, 1.165) is 16.9 Å². The Balaban J connectivity index is 2.72. The molecule has 0 atom stereocenters. The topological polar surface area (TPSA) is 56.7 Å². The minimum Gasteiger partial charge on any atom is -0.325 e. The van der Waals surface area contributed by atoms with Gasteiger partial charge in [-0.2, -0.15) is 0 Å². The third-order valence-corrected chi connectivity index (χ3v) is 2.54. The van der Waals surface area contributed by atoms with Crippen LogP contribution in [0.25, 0.3) is 11.2 Å². The van der Waals surface area contributed by atoms with Crippen LogP contribution in [-0.4, -0.2) is 14.5 Å². The first kappa shape index (κ1) is 10.4. The summed E-state index contributed by atoms with van der Waals surface area (Å²) in [5.41, 5.74) is 8.01. The lowest BCUT2D eigenvalue weighted by Crippen LogP contribution is -2.04. The van der Waals surface area contributed by atoms with E-state index >= 15 is 0 Å². The molecule has 2 aromatic heterocycles. The maximum atomic E-state index is 6.04. The molecule has 0 radical (unpaired) electrons. The first-order valence-corrected chi connectivity index (χ1v) is 5.24. The molecule has 0 aliphatic heterocycles. The average molecular weight is 225 g/mol. The van der Waals surface area contributed by atoms with Crippen LogP contribution in [0.2, 0.25) is 5.28 Å². The summed E-state index contributed by atoms with van der Waals surface area (Å²) in [6, 6.07) is 4.01. The van der Waals surface area contributed by atoms with Crippen molar-refractivity contribution in [2.45, 2.75) is 26.4 Å². The number of fused-ring (bicyclic) bond motifs is 1. The van der Waals surface area contributed by atoms with Crippen molar-refractivity contribution < 1.29 is 0 Å². The molecule has 15 heavy (non-hydrogen) atoms. The lowest BCUT2D eigenvalue weighted by Gasteiger charge is -2.08. The van der Waals surface area contributed by atoms with Crippen molar-refractivity contribution in [2.24, 2.45) is 5.73 Å². The van der Waals surface area contributed by atoms with Crippen molar-refractivity contribution in [1.82, 2.24) is 14.5 Å². The Labute approximate surface area is 93.1 Å². The molecule has 2 aromatic rings. The van der Waals surface area contributed by atoms with Crippen molar-refractivity contribution in [2.75, 3.05) is 0 Å². The molecule has 2 N–H and O–H groups in total. The Morgan fingerprint density at radius 3 is 2.73 bits per heavy atom. The van der Waals surface area contributed by atoms with Gasteiger partial charge in [0.15, 0.2) is 5.65 Å². The average Bonchev–Trinajstić information content (AvgIpc) is 2.52. The van der Waals surface area contributed by atoms with Crippen LogP contribution in [0.15, 0.2) is 12.1 Å². The Morgan fingerprint density at radius 2 is 2.13 bits per heavy atom. The number of imidazole rings is 1. The number of hydrogen-bond donors (Lipinski definition) is 1. The van der Waals surface area contributed by atoms with Crippen molar-refractivity contribution in [3.8, 4) is 0 Å². The van der Waals surface area contributed by atoms with Gasteiger partial charge in [0.25, 0.3) is 0 Å². The molecule has 0 aliphatic rings. The van der Waals surface area contributed by atoms with Crippen LogP contribution in [0.5, 0.6) is 0 Å². The lowest BCUT2D eigenvalue weighted by molar-refractivity contribution is 0.613. The minimum atomic E-state index is 0.239. The largest absolute Gasteiger partial charge is 0.325 e. The predicted octanol–water partition coefficient (Wildman–Crippen LogP) is 2.12. The molecule has 0 spiro atoms. The zero-order valence-electron chi connectivity index (χ0n) is 8.74. The second-order valence-corrected chi connectivity index (χ2v) is 4.03. The van der Waals surface area contributed by atoms with Gasteiger partial charge in [0.05, 0.1) is 5.69 Å². The fourth-order valence-electron chi connectivity index (χ4n) is 1.56. The Kier molecular flexibility index (Phi) is 2.63. The van der Waals surface area contributed by atoms with E-state index in [2.05, 4.69) is 9.97 Å². The van der Waals surface area contributed by atoms with Crippen LogP contribution in [0.1, 0.15) is 25.6 Å². The molecule has 0 saturated heterocycles. The van der Waals surface area contributed by atoms with Gasteiger partial charge in [-0.05, 0) is 37.6 Å². The maximum Gasteiger partial charge on any atom is 0.205 e. The number of pyridine rings is 1. The molecule has 0 saturated carbocycles. The van der Waals surface area contributed by atoms with Gasteiger partial charge in [-0.3, -0.25) is 4.57 Å². The van der Waals surface area contributed by atoms with Gasteiger partial charge in [-0.15, -0.1) is 0 Å². The monoisotopic (exact) mass is 224 g/mol. The van der Waals surface area contributed by atoms with Crippen LogP contribution in [0, 0.1) is 0 Å². The van der Waals surface area contributed by atoms with Crippen molar-refractivity contribution in [1.29, 1.82) is 0 Å². The molecular weight excluding hydrogens is 212 g/mol.